The minimum absolute atomic E-state index is 0.339. The zero-order valence-corrected chi connectivity index (χ0v) is 11.0. The summed E-state index contributed by atoms with van der Waals surface area (Å²) in [6, 6.07) is 10.3. The van der Waals surface area contributed by atoms with Crippen LogP contribution in [-0.2, 0) is 0 Å². The molecule has 1 aliphatic rings. The van der Waals surface area contributed by atoms with Crippen LogP contribution in [0.5, 0.6) is 0 Å². The van der Waals surface area contributed by atoms with Crippen molar-refractivity contribution in [1.82, 2.24) is 4.98 Å². The van der Waals surface area contributed by atoms with Gasteiger partial charge in [-0.25, -0.2) is 0 Å². The van der Waals surface area contributed by atoms with Crippen molar-refractivity contribution in [1.29, 1.82) is 0 Å². The van der Waals surface area contributed by atoms with Crippen LogP contribution in [0, 0.1) is 5.92 Å². The molecule has 1 heterocycles. The Morgan fingerprint density at radius 2 is 2.11 bits per heavy atom. The van der Waals surface area contributed by atoms with Crippen LogP contribution < -0.4 is 5.32 Å². The van der Waals surface area contributed by atoms with Crippen LogP contribution in [0.1, 0.15) is 19.3 Å². The summed E-state index contributed by atoms with van der Waals surface area (Å²) < 4.78 is 0. The lowest BCUT2D eigenvalue weighted by Gasteiger charge is -2.16. The van der Waals surface area contributed by atoms with Gasteiger partial charge in [-0.2, -0.15) is 0 Å². The summed E-state index contributed by atoms with van der Waals surface area (Å²) in [6.45, 7) is 0.960. The summed E-state index contributed by atoms with van der Waals surface area (Å²) in [5, 5.41) is 5.06. The van der Waals surface area contributed by atoms with Gasteiger partial charge in [-0.15, -0.1) is 11.6 Å². The number of nitrogens with one attached hydrogen (secondary N) is 1. The lowest BCUT2D eigenvalue weighted by molar-refractivity contribution is 0.586. The van der Waals surface area contributed by atoms with E-state index in [0.717, 1.165) is 24.2 Å². The first-order chi connectivity index (χ1) is 8.84. The average Bonchev–Trinajstić information content (AvgIpc) is 2.82. The number of rotatable bonds is 3. The summed E-state index contributed by atoms with van der Waals surface area (Å²) in [5.74, 6) is 0.596. The van der Waals surface area contributed by atoms with Crippen LogP contribution in [0.25, 0.3) is 10.9 Å². The number of hydrogen-bond acceptors (Lipinski definition) is 2. The maximum atomic E-state index is 6.31. The molecule has 18 heavy (non-hydrogen) atoms. The standard InChI is InChI=1S/C15H17ClN2/c16-13-6-3-4-11(13)10-18-15-8-9-17-14-7-2-1-5-12(14)15/h1-2,5,7-9,11,13H,3-4,6,10H2,(H,17,18). The van der Waals surface area contributed by atoms with Crippen LogP contribution in [0.4, 0.5) is 5.69 Å². The fourth-order valence-electron chi connectivity index (χ4n) is 2.71. The van der Waals surface area contributed by atoms with Gasteiger partial charge in [0.05, 0.1) is 5.52 Å². The number of alkyl halides is 1. The molecule has 0 saturated heterocycles. The summed E-state index contributed by atoms with van der Waals surface area (Å²) >= 11 is 6.31. The van der Waals surface area contributed by atoms with E-state index >= 15 is 0 Å². The lowest BCUT2D eigenvalue weighted by Crippen LogP contribution is -2.18. The molecule has 1 aromatic heterocycles. The van der Waals surface area contributed by atoms with Gasteiger partial charge in [0.1, 0.15) is 0 Å². The number of hydrogen-bond donors (Lipinski definition) is 1. The molecule has 0 aliphatic heterocycles. The summed E-state index contributed by atoms with van der Waals surface area (Å²) in [6.07, 6.45) is 5.52. The van der Waals surface area contributed by atoms with Crippen LogP contribution in [-0.4, -0.2) is 16.9 Å². The highest BCUT2D eigenvalue weighted by molar-refractivity contribution is 6.21. The van der Waals surface area contributed by atoms with E-state index < -0.39 is 0 Å². The van der Waals surface area contributed by atoms with Crippen molar-refractivity contribution in [3.63, 3.8) is 0 Å². The molecular weight excluding hydrogens is 244 g/mol. The Kier molecular flexibility index (Phi) is 3.37. The van der Waals surface area contributed by atoms with Crippen molar-refractivity contribution >= 4 is 28.2 Å². The fourth-order valence-corrected chi connectivity index (χ4v) is 3.08. The Morgan fingerprint density at radius 3 is 2.94 bits per heavy atom. The minimum atomic E-state index is 0.339. The molecule has 0 radical (unpaired) electrons. The first kappa shape index (κ1) is 11.8. The molecule has 1 aliphatic carbocycles. The van der Waals surface area contributed by atoms with E-state index in [0.29, 0.717) is 11.3 Å². The quantitative estimate of drug-likeness (QED) is 0.842. The van der Waals surface area contributed by atoms with Gasteiger partial charge in [0.2, 0.25) is 0 Å². The van der Waals surface area contributed by atoms with Gasteiger partial charge in [-0.3, -0.25) is 4.98 Å². The van der Waals surface area contributed by atoms with E-state index in [1.165, 1.54) is 18.2 Å². The normalized spacial score (nSPS) is 23.4. The topological polar surface area (TPSA) is 24.9 Å². The Hall–Kier alpha value is -1.28. The Bertz CT molecular complexity index is 536. The predicted molar refractivity (Wildman–Crippen MR) is 77.2 cm³/mol. The molecular formula is C15H17ClN2. The molecule has 94 valence electrons. The van der Waals surface area contributed by atoms with Crippen molar-refractivity contribution in [2.75, 3.05) is 11.9 Å². The van der Waals surface area contributed by atoms with Crippen LogP contribution >= 0.6 is 11.6 Å². The molecule has 1 saturated carbocycles. The third-order valence-corrected chi connectivity index (χ3v) is 4.34. The Labute approximate surface area is 112 Å². The van der Waals surface area contributed by atoms with Crippen molar-refractivity contribution in [2.24, 2.45) is 5.92 Å². The van der Waals surface area contributed by atoms with Crippen LogP contribution in [0.2, 0.25) is 0 Å². The number of halogens is 1. The van der Waals surface area contributed by atoms with Crippen molar-refractivity contribution in [3.05, 3.63) is 36.5 Å². The van der Waals surface area contributed by atoms with Gasteiger partial charge in [-0.05, 0) is 30.9 Å². The maximum absolute atomic E-state index is 6.31. The fraction of sp³-hybridized carbons (Fsp3) is 0.400. The SMILES string of the molecule is ClC1CCCC1CNc1ccnc2ccccc12. The first-order valence-corrected chi connectivity index (χ1v) is 7.00. The van der Waals surface area contributed by atoms with E-state index in [4.69, 9.17) is 11.6 Å². The number of anilines is 1. The van der Waals surface area contributed by atoms with Crippen LogP contribution in [0.15, 0.2) is 36.5 Å². The number of benzene rings is 1. The molecule has 1 N–H and O–H groups in total. The Balaban J connectivity index is 1.78. The molecule has 2 atom stereocenters. The average molecular weight is 261 g/mol. The molecule has 1 aromatic carbocycles. The molecule has 0 spiro atoms. The third kappa shape index (κ3) is 2.30. The second kappa shape index (κ2) is 5.15. The second-order valence-electron chi connectivity index (χ2n) is 4.96. The highest BCUT2D eigenvalue weighted by atomic mass is 35.5. The van der Waals surface area contributed by atoms with Crippen LogP contribution in [0.3, 0.4) is 0 Å². The molecule has 3 rings (SSSR count). The van der Waals surface area contributed by atoms with Crippen molar-refractivity contribution in [3.8, 4) is 0 Å². The van der Waals surface area contributed by atoms with E-state index in [2.05, 4.69) is 22.4 Å². The van der Waals surface area contributed by atoms with E-state index in [9.17, 15) is 0 Å². The molecule has 2 unspecified atom stereocenters. The van der Waals surface area contributed by atoms with E-state index in [1.54, 1.807) is 0 Å². The minimum Gasteiger partial charge on any atom is -0.384 e. The molecule has 0 bridgehead atoms. The number of fused-ring (bicyclic) bond motifs is 1. The van der Waals surface area contributed by atoms with Crippen molar-refractivity contribution < 1.29 is 0 Å². The molecule has 2 aromatic rings. The summed E-state index contributed by atoms with van der Waals surface area (Å²) in [5.41, 5.74) is 2.20. The van der Waals surface area contributed by atoms with Gasteiger partial charge < -0.3 is 5.32 Å². The largest absolute Gasteiger partial charge is 0.384 e. The molecule has 2 nitrogen and oxygen atoms in total. The van der Waals surface area contributed by atoms with Gasteiger partial charge in [-0.1, -0.05) is 24.6 Å². The summed E-state index contributed by atoms with van der Waals surface area (Å²) in [7, 11) is 0. The summed E-state index contributed by atoms with van der Waals surface area (Å²) in [4.78, 5) is 4.37. The third-order valence-electron chi connectivity index (χ3n) is 3.77. The lowest BCUT2D eigenvalue weighted by atomic mass is 10.1. The zero-order valence-electron chi connectivity index (χ0n) is 10.3. The van der Waals surface area contributed by atoms with Gasteiger partial charge in [0, 0.05) is 29.2 Å². The molecule has 0 amide bonds. The van der Waals surface area contributed by atoms with E-state index in [-0.39, 0.29) is 0 Å². The van der Waals surface area contributed by atoms with Gasteiger partial charge in [0.25, 0.3) is 0 Å². The van der Waals surface area contributed by atoms with Crippen molar-refractivity contribution in [2.45, 2.75) is 24.6 Å². The second-order valence-corrected chi connectivity index (χ2v) is 5.52. The number of pyridine rings is 1. The van der Waals surface area contributed by atoms with E-state index in [1.807, 2.05) is 24.4 Å². The van der Waals surface area contributed by atoms with Gasteiger partial charge in [0.15, 0.2) is 0 Å². The first-order valence-electron chi connectivity index (χ1n) is 6.56. The van der Waals surface area contributed by atoms with Gasteiger partial charge >= 0.3 is 0 Å². The molecule has 1 fully saturated rings. The molecule has 3 heteroatoms. The number of para-hydroxylation sites is 1. The number of aromatic nitrogens is 1. The highest BCUT2D eigenvalue weighted by Crippen LogP contribution is 2.31. The Morgan fingerprint density at radius 1 is 1.22 bits per heavy atom. The zero-order chi connectivity index (χ0) is 12.4. The maximum Gasteiger partial charge on any atom is 0.0722 e. The number of nitrogens with zero attached hydrogens (tertiary/aromatic N) is 1. The monoisotopic (exact) mass is 260 g/mol. The predicted octanol–water partition coefficient (Wildman–Crippen LogP) is 4.05. The smallest absolute Gasteiger partial charge is 0.0722 e. The highest BCUT2D eigenvalue weighted by Gasteiger charge is 2.24.